The van der Waals surface area contributed by atoms with Crippen LogP contribution < -0.4 is 0 Å². The van der Waals surface area contributed by atoms with Crippen LogP contribution in [0.5, 0.6) is 0 Å². The molecule has 8 rings (SSSR count). The van der Waals surface area contributed by atoms with E-state index < -0.39 is 0 Å². The Morgan fingerprint density at radius 2 is 0.744 bits per heavy atom. The molecule has 0 fully saturated rings. The first-order valence-corrected chi connectivity index (χ1v) is 15.4. The van der Waals surface area contributed by atoms with E-state index in [0.29, 0.717) is 0 Å². The Kier molecular flexibility index (Phi) is 6.40. The second-order valence-electron chi connectivity index (χ2n) is 10.8. The zero-order valence-corrected chi connectivity index (χ0v) is 24.3. The molecule has 202 valence electrons. The summed E-state index contributed by atoms with van der Waals surface area (Å²) in [6.07, 6.45) is 0. The fourth-order valence-electron chi connectivity index (χ4n) is 5.95. The summed E-state index contributed by atoms with van der Waals surface area (Å²) in [7, 11) is 0. The van der Waals surface area contributed by atoms with E-state index in [9.17, 15) is 0 Å². The third-order valence-corrected chi connectivity index (χ3v) is 9.39. The molecule has 0 saturated heterocycles. The van der Waals surface area contributed by atoms with Crippen LogP contribution >= 0.6 is 11.3 Å². The number of benzene rings is 6. The molecular weight excluding hydrogens is 539 g/mol. The summed E-state index contributed by atoms with van der Waals surface area (Å²) in [6.45, 7) is 0. The topological polar surface area (TPSA) is 12.9 Å². The van der Waals surface area contributed by atoms with E-state index in [0.717, 1.165) is 28.1 Å². The lowest BCUT2D eigenvalue weighted by Crippen LogP contribution is -1.91. The highest BCUT2D eigenvalue weighted by Crippen LogP contribution is 2.44. The smallest absolute Gasteiger partial charge is 0.0715 e. The molecule has 2 aromatic heterocycles. The Morgan fingerprint density at radius 1 is 0.326 bits per heavy atom. The van der Waals surface area contributed by atoms with E-state index >= 15 is 0 Å². The Bertz CT molecular complexity index is 2140. The third kappa shape index (κ3) is 4.72. The molecule has 0 spiro atoms. The summed E-state index contributed by atoms with van der Waals surface area (Å²) in [6, 6.07) is 58.4. The van der Waals surface area contributed by atoms with Gasteiger partial charge >= 0.3 is 0 Å². The minimum absolute atomic E-state index is 0.977. The molecule has 1 nitrogen and oxygen atoms in total. The van der Waals surface area contributed by atoms with Crippen LogP contribution in [0.4, 0.5) is 0 Å². The summed E-state index contributed by atoms with van der Waals surface area (Å²) >= 11 is 1.90. The SMILES string of the molecule is c1ccc(-c2cc(-c3ccc(-c4cccc5c4sc4c(-c6ccccc6)cccc45)cc3)cc(-c3ccccc3)n2)cc1. The van der Waals surface area contributed by atoms with Crippen molar-refractivity contribution in [3.8, 4) is 55.9 Å². The zero-order valence-electron chi connectivity index (χ0n) is 23.4. The van der Waals surface area contributed by atoms with E-state index in [1.807, 2.05) is 23.5 Å². The van der Waals surface area contributed by atoms with E-state index in [2.05, 4.69) is 152 Å². The Labute approximate surface area is 255 Å². The number of pyridine rings is 1. The molecule has 0 amide bonds. The van der Waals surface area contributed by atoms with Crippen LogP contribution in [0.1, 0.15) is 0 Å². The summed E-state index contributed by atoms with van der Waals surface area (Å²) in [4.78, 5) is 5.05. The lowest BCUT2D eigenvalue weighted by molar-refractivity contribution is 1.32. The molecule has 2 heterocycles. The third-order valence-electron chi connectivity index (χ3n) is 8.10. The number of rotatable bonds is 5. The molecule has 2 heteroatoms. The first-order valence-electron chi connectivity index (χ1n) is 14.6. The van der Waals surface area contributed by atoms with Crippen molar-refractivity contribution in [3.05, 3.63) is 164 Å². The average molecular weight is 566 g/mol. The fourth-order valence-corrected chi connectivity index (χ4v) is 7.32. The number of thiophene rings is 1. The van der Waals surface area contributed by atoms with Crippen LogP contribution in [0.15, 0.2) is 164 Å². The second-order valence-corrected chi connectivity index (χ2v) is 11.8. The van der Waals surface area contributed by atoms with Crippen LogP contribution in [-0.2, 0) is 0 Å². The first-order chi connectivity index (χ1) is 21.3. The van der Waals surface area contributed by atoms with Crippen molar-refractivity contribution in [2.45, 2.75) is 0 Å². The molecule has 0 bridgehead atoms. The van der Waals surface area contributed by atoms with Gasteiger partial charge in [-0.05, 0) is 45.5 Å². The molecular formula is C41H27NS. The van der Waals surface area contributed by atoms with Gasteiger partial charge in [-0.15, -0.1) is 11.3 Å². The zero-order chi connectivity index (χ0) is 28.6. The number of hydrogen-bond acceptors (Lipinski definition) is 2. The maximum Gasteiger partial charge on any atom is 0.0715 e. The monoisotopic (exact) mass is 565 g/mol. The number of fused-ring (bicyclic) bond motifs is 3. The van der Waals surface area contributed by atoms with Gasteiger partial charge in [0.25, 0.3) is 0 Å². The quantitative estimate of drug-likeness (QED) is 0.202. The van der Waals surface area contributed by atoms with E-state index in [-0.39, 0.29) is 0 Å². The molecule has 0 radical (unpaired) electrons. The minimum atomic E-state index is 0.977. The molecule has 0 saturated carbocycles. The predicted octanol–water partition coefficient (Wildman–Crippen LogP) is 11.8. The molecule has 0 aliphatic carbocycles. The van der Waals surface area contributed by atoms with Gasteiger partial charge in [-0.2, -0.15) is 0 Å². The highest BCUT2D eigenvalue weighted by Gasteiger charge is 2.14. The highest BCUT2D eigenvalue weighted by molar-refractivity contribution is 7.26. The number of nitrogens with zero attached hydrogens (tertiary/aromatic N) is 1. The molecule has 0 unspecified atom stereocenters. The lowest BCUT2D eigenvalue weighted by atomic mass is 9.97. The molecule has 0 aliphatic rings. The van der Waals surface area contributed by atoms with Crippen molar-refractivity contribution in [2.24, 2.45) is 0 Å². The molecule has 0 aliphatic heterocycles. The van der Waals surface area contributed by atoms with Gasteiger partial charge in [-0.25, -0.2) is 4.98 Å². The van der Waals surface area contributed by atoms with Crippen LogP contribution in [0.3, 0.4) is 0 Å². The van der Waals surface area contributed by atoms with Gasteiger partial charge in [0.1, 0.15) is 0 Å². The van der Waals surface area contributed by atoms with E-state index in [1.54, 1.807) is 0 Å². The van der Waals surface area contributed by atoms with Gasteiger partial charge in [0.2, 0.25) is 0 Å². The predicted molar refractivity (Wildman–Crippen MR) is 184 cm³/mol. The van der Waals surface area contributed by atoms with Gasteiger partial charge < -0.3 is 0 Å². The van der Waals surface area contributed by atoms with Crippen LogP contribution in [0.2, 0.25) is 0 Å². The summed E-state index contributed by atoms with van der Waals surface area (Å²) in [5.74, 6) is 0. The Hall–Kier alpha value is -5.31. The van der Waals surface area contributed by atoms with Crippen molar-refractivity contribution in [1.82, 2.24) is 4.98 Å². The maximum atomic E-state index is 5.05. The van der Waals surface area contributed by atoms with Crippen molar-refractivity contribution >= 4 is 31.5 Å². The van der Waals surface area contributed by atoms with Crippen LogP contribution in [0.25, 0.3) is 76.1 Å². The molecule has 0 N–H and O–H groups in total. The molecule has 43 heavy (non-hydrogen) atoms. The molecule has 8 aromatic rings. The lowest BCUT2D eigenvalue weighted by Gasteiger charge is -2.11. The van der Waals surface area contributed by atoms with Gasteiger partial charge in [0, 0.05) is 31.3 Å². The van der Waals surface area contributed by atoms with Gasteiger partial charge in [0.05, 0.1) is 11.4 Å². The summed E-state index contributed by atoms with van der Waals surface area (Å²) < 4.78 is 2.67. The molecule has 0 atom stereocenters. The minimum Gasteiger partial charge on any atom is -0.248 e. The maximum absolute atomic E-state index is 5.05. The Morgan fingerprint density at radius 3 is 1.23 bits per heavy atom. The number of hydrogen-bond donors (Lipinski definition) is 0. The van der Waals surface area contributed by atoms with Crippen molar-refractivity contribution in [2.75, 3.05) is 0 Å². The van der Waals surface area contributed by atoms with Gasteiger partial charge in [0.15, 0.2) is 0 Å². The first kappa shape index (κ1) is 25.4. The van der Waals surface area contributed by atoms with Crippen LogP contribution in [-0.4, -0.2) is 4.98 Å². The highest BCUT2D eigenvalue weighted by atomic mass is 32.1. The summed E-state index contributed by atoms with van der Waals surface area (Å²) in [5, 5.41) is 2.63. The average Bonchev–Trinajstić information content (AvgIpc) is 3.49. The van der Waals surface area contributed by atoms with Gasteiger partial charge in [-0.3, -0.25) is 0 Å². The fraction of sp³-hybridized carbons (Fsp3) is 0. The van der Waals surface area contributed by atoms with E-state index in [1.165, 1.54) is 48.0 Å². The number of aromatic nitrogens is 1. The van der Waals surface area contributed by atoms with Crippen molar-refractivity contribution < 1.29 is 0 Å². The molecule has 6 aromatic carbocycles. The van der Waals surface area contributed by atoms with Gasteiger partial charge in [-0.1, -0.05) is 152 Å². The Balaban J connectivity index is 1.23. The normalized spacial score (nSPS) is 11.3. The van der Waals surface area contributed by atoms with Crippen molar-refractivity contribution in [1.29, 1.82) is 0 Å². The van der Waals surface area contributed by atoms with Crippen LogP contribution in [0, 0.1) is 0 Å². The standard InChI is InChI=1S/C41H27NS/c1-4-12-29(13-5-1)34-18-10-20-36-37-21-11-19-35(41(37)43-40(34)36)30-24-22-28(23-25-30)33-26-38(31-14-6-2-7-15-31)42-39(27-33)32-16-8-3-9-17-32/h1-27H. The second kappa shape index (κ2) is 10.8. The summed E-state index contributed by atoms with van der Waals surface area (Å²) in [5.41, 5.74) is 11.6. The van der Waals surface area contributed by atoms with E-state index in [4.69, 9.17) is 4.98 Å². The van der Waals surface area contributed by atoms with Crippen molar-refractivity contribution in [3.63, 3.8) is 0 Å². The largest absolute Gasteiger partial charge is 0.248 e.